The number of carbonyl (C=O) groups excluding carboxylic acids is 1. The van der Waals surface area contributed by atoms with Gasteiger partial charge in [-0.05, 0) is 24.5 Å². The largest absolute Gasteiger partial charge is 0.501 e. The lowest BCUT2D eigenvalue weighted by Crippen LogP contribution is -2.44. The molecule has 0 aliphatic heterocycles. The lowest BCUT2D eigenvalue weighted by molar-refractivity contribution is -0.130. The van der Waals surface area contributed by atoms with E-state index in [1.165, 1.54) is 7.11 Å². The molecule has 2 atom stereocenters. The predicted molar refractivity (Wildman–Crippen MR) is 72.1 cm³/mol. The molecule has 3 N–H and O–H groups in total. The number of ether oxygens (including phenoxy) is 1. The molecule has 4 nitrogen and oxygen atoms in total. The Morgan fingerprint density at radius 2 is 2.16 bits per heavy atom. The van der Waals surface area contributed by atoms with Gasteiger partial charge >= 0.3 is 0 Å². The van der Waals surface area contributed by atoms with Gasteiger partial charge in [-0.1, -0.05) is 30.3 Å². The second kappa shape index (κ2) is 5.45. The van der Waals surface area contributed by atoms with Gasteiger partial charge in [-0.2, -0.15) is 0 Å². The number of allylic oxidation sites excluding steroid dienone is 1. The van der Waals surface area contributed by atoms with Crippen molar-refractivity contribution in [1.29, 1.82) is 0 Å². The first kappa shape index (κ1) is 13.6. The topological polar surface area (TPSA) is 72.6 Å². The van der Waals surface area contributed by atoms with E-state index in [9.17, 15) is 9.90 Å². The normalized spacial score (nSPS) is 26.6. The highest BCUT2D eigenvalue weighted by molar-refractivity contribution is 5.82. The van der Waals surface area contributed by atoms with Crippen LogP contribution in [0.3, 0.4) is 0 Å². The number of rotatable bonds is 4. The van der Waals surface area contributed by atoms with Gasteiger partial charge in [0.25, 0.3) is 0 Å². The number of hydrogen-bond donors (Lipinski definition) is 2. The zero-order chi connectivity index (χ0) is 13.9. The molecule has 1 amide bonds. The van der Waals surface area contributed by atoms with E-state index in [0.29, 0.717) is 25.0 Å². The number of carbonyl (C=O) groups is 1. The Bertz CT molecular complexity index is 483. The minimum Gasteiger partial charge on any atom is -0.501 e. The molecule has 19 heavy (non-hydrogen) atoms. The molecule has 0 saturated heterocycles. The van der Waals surface area contributed by atoms with Crippen LogP contribution in [-0.2, 0) is 16.0 Å². The average Bonchev–Trinajstić information content (AvgIpc) is 2.39. The first-order valence-electron chi connectivity index (χ1n) is 6.32. The number of hydrogen-bond acceptors (Lipinski definition) is 3. The van der Waals surface area contributed by atoms with Crippen LogP contribution in [0.25, 0.3) is 0 Å². The zero-order valence-corrected chi connectivity index (χ0v) is 11.0. The van der Waals surface area contributed by atoms with Crippen LogP contribution in [-0.4, -0.2) is 24.2 Å². The van der Waals surface area contributed by atoms with Crippen LogP contribution in [0.4, 0.5) is 0 Å². The number of nitrogens with two attached hydrogens (primary N) is 1. The number of methoxy groups -OCH3 is 1. The molecule has 1 aromatic carbocycles. The van der Waals surface area contributed by atoms with Gasteiger partial charge in [-0.15, -0.1) is 0 Å². The highest BCUT2D eigenvalue weighted by atomic mass is 16.5. The first-order valence-corrected chi connectivity index (χ1v) is 6.32. The van der Waals surface area contributed by atoms with Gasteiger partial charge in [-0.3, -0.25) is 4.79 Å². The minimum atomic E-state index is -0.777. The van der Waals surface area contributed by atoms with Gasteiger partial charge in [0.1, 0.15) is 0 Å². The Kier molecular flexibility index (Phi) is 3.90. The molecule has 0 heterocycles. The van der Waals surface area contributed by atoms with Crippen molar-refractivity contribution in [3.05, 3.63) is 47.7 Å². The second-order valence-electron chi connectivity index (χ2n) is 5.09. The molecule has 102 valence electrons. The first-order chi connectivity index (χ1) is 9.05. The van der Waals surface area contributed by atoms with Gasteiger partial charge < -0.3 is 15.6 Å². The molecular formula is C15H19NO3. The van der Waals surface area contributed by atoms with E-state index in [2.05, 4.69) is 0 Å². The maximum atomic E-state index is 11.9. The number of amides is 1. The Morgan fingerprint density at radius 3 is 2.74 bits per heavy atom. The van der Waals surface area contributed by atoms with E-state index in [4.69, 9.17) is 10.5 Å². The summed E-state index contributed by atoms with van der Waals surface area (Å²) in [5.74, 6) is 0.228. The SMILES string of the molecule is COC1=CC(O)CC(Cc2ccccc2)(C(N)=O)C1. The molecule has 1 aromatic rings. The number of primary amides is 1. The van der Waals surface area contributed by atoms with Gasteiger partial charge in [0.2, 0.25) is 5.91 Å². The van der Waals surface area contributed by atoms with E-state index < -0.39 is 17.4 Å². The molecule has 2 unspecified atom stereocenters. The van der Waals surface area contributed by atoms with Crippen molar-refractivity contribution in [3.63, 3.8) is 0 Å². The van der Waals surface area contributed by atoms with E-state index in [1.807, 2.05) is 30.3 Å². The molecule has 0 aromatic heterocycles. The summed E-state index contributed by atoms with van der Waals surface area (Å²) in [6.07, 6.45) is 2.24. The fourth-order valence-electron chi connectivity index (χ4n) is 2.67. The van der Waals surface area contributed by atoms with Crippen LogP contribution in [0.1, 0.15) is 18.4 Å². The van der Waals surface area contributed by atoms with Crippen LogP contribution in [0.5, 0.6) is 0 Å². The second-order valence-corrected chi connectivity index (χ2v) is 5.09. The Labute approximate surface area is 112 Å². The van der Waals surface area contributed by atoms with Crippen LogP contribution < -0.4 is 5.73 Å². The van der Waals surface area contributed by atoms with Crippen molar-refractivity contribution in [2.24, 2.45) is 11.1 Å². The van der Waals surface area contributed by atoms with Crippen molar-refractivity contribution >= 4 is 5.91 Å². The zero-order valence-electron chi connectivity index (χ0n) is 11.0. The number of benzene rings is 1. The molecular weight excluding hydrogens is 242 g/mol. The molecule has 0 spiro atoms. The summed E-state index contributed by atoms with van der Waals surface area (Å²) in [5.41, 5.74) is 5.85. The summed E-state index contributed by atoms with van der Waals surface area (Å²) in [6, 6.07) is 9.70. The smallest absolute Gasteiger partial charge is 0.224 e. The van der Waals surface area contributed by atoms with E-state index >= 15 is 0 Å². The molecule has 0 bridgehead atoms. The van der Waals surface area contributed by atoms with Gasteiger partial charge in [-0.25, -0.2) is 0 Å². The maximum Gasteiger partial charge on any atom is 0.224 e. The Balaban J connectivity index is 2.29. The fraction of sp³-hybridized carbons (Fsp3) is 0.400. The Hall–Kier alpha value is -1.81. The van der Waals surface area contributed by atoms with Crippen LogP contribution in [0.15, 0.2) is 42.2 Å². The van der Waals surface area contributed by atoms with Gasteiger partial charge in [0.05, 0.1) is 24.4 Å². The lowest BCUT2D eigenvalue weighted by Gasteiger charge is -2.36. The van der Waals surface area contributed by atoms with Crippen LogP contribution in [0, 0.1) is 5.41 Å². The van der Waals surface area contributed by atoms with Gasteiger partial charge in [0, 0.05) is 6.42 Å². The van der Waals surface area contributed by atoms with Crippen LogP contribution in [0.2, 0.25) is 0 Å². The van der Waals surface area contributed by atoms with E-state index in [-0.39, 0.29) is 0 Å². The number of aliphatic hydroxyl groups excluding tert-OH is 1. The highest BCUT2D eigenvalue weighted by Crippen LogP contribution is 2.39. The standard InChI is InChI=1S/C15H19NO3/c1-19-13-7-12(17)9-15(10-13,14(16)18)8-11-5-3-2-4-6-11/h2-7,12,17H,8-10H2,1H3,(H2,16,18). The van der Waals surface area contributed by atoms with Crippen molar-refractivity contribution < 1.29 is 14.6 Å². The summed E-state index contributed by atoms with van der Waals surface area (Å²) in [7, 11) is 1.54. The van der Waals surface area contributed by atoms with Crippen molar-refractivity contribution in [2.75, 3.05) is 7.11 Å². The molecule has 4 heteroatoms. The molecule has 2 rings (SSSR count). The third kappa shape index (κ3) is 2.96. The maximum absolute atomic E-state index is 11.9. The summed E-state index contributed by atoms with van der Waals surface area (Å²) in [4.78, 5) is 11.9. The lowest BCUT2D eigenvalue weighted by atomic mass is 9.70. The van der Waals surface area contributed by atoms with Crippen molar-refractivity contribution in [2.45, 2.75) is 25.4 Å². The average molecular weight is 261 g/mol. The molecule has 0 saturated carbocycles. The summed E-state index contributed by atoms with van der Waals surface area (Å²) < 4.78 is 5.20. The summed E-state index contributed by atoms with van der Waals surface area (Å²) in [5, 5.41) is 9.91. The van der Waals surface area contributed by atoms with E-state index in [0.717, 1.165) is 5.56 Å². The highest BCUT2D eigenvalue weighted by Gasteiger charge is 2.42. The summed E-state index contributed by atoms with van der Waals surface area (Å²) in [6.45, 7) is 0. The third-order valence-electron chi connectivity index (χ3n) is 3.66. The molecule has 0 fully saturated rings. The molecule has 1 aliphatic carbocycles. The quantitative estimate of drug-likeness (QED) is 0.860. The fourth-order valence-corrected chi connectivity index (χ4v) is 2.67. The van der Waals surface area contributed by atoms with Crippen molar-refractivity contribution in [1.82, 2.24) is 0 Å². The summed E-state index contributed by atoms with van der Waals surface area (Å²) >= 11 is 0. The Morgan fingerprint density at radius 1 is 1.47 bits per heavy atom. The monoisotopic (exact) mass is 261 g/mol. The van der Waals surface area contributed by atoms with Gasteiger partial charge in [0.15, 0.2) is 0 Å². The molecule has 1 aliphatic rings. The third-order valence-corrected chi connectivity index (χ3v) is 3.66. The van der Waals surface area contributed by atoms with E-state index in [1.54, 1.807) is 6.08 Å². The number of aliphatic hydroxyl groups is 1. The predicted octanol–water partition coefficient (Wildman–Crippen LogP) is 1.39. The minimum absolute atomic E-state index is 0.337. The molecule has 0 radical (unpaired) electrons. The van der Waals surface area contributed by atoms with Crippen molar-refractivity contribution in [3.8, 4) is 0 Å². The van der Waals surface area contributed by atoms with Crippen LogP contribution >= 0.6 is 0 Å².